The third kappa shape index (κ3) is 3.99. The van der Waals surface area contributed by atoms with Crippen LogP contribution in [0.25, 0.3) is 0 Å². The smallest absolute Gasteiger partial charge is 0.0406 e. The van der Waals surface area contributed by atoms with Crippen molar-refractivity contribution < 1.29 is 0 Å². The minimum atomic E-state index is 0.169. The average molecular weight is 294 g/mol. The van der Waals surface area contributed by atoms with Gasteiger partial charge in [-0.05, 0) is 29.4 Å². The monoisotopic (exact) mass is 293 g/mol. The van der Waals surface area contributed by atoms with Gasteiger partial charge in [0.2, 0.25) is 0 Å². The molecule has 1 fully saturated rings. The molecule has 1 nitrogen and oxygen atoms in total. The zero-order valence-corrected chi connectivity index (χ0v) is 13.9. The molecule has 1 aromatic carbocycles. The van der Waals surface area contributed by atoms with Gasteiger partial charge >= 0.3 is 0 Å². The van der Waals surface area contributed by atoms with Crippen LogP contribution in [0.15, 0.2) is 24.3 Å². The van der Waals surface area contributed by atoms with Crippen LogP contribution in [0.4, 0.5) is 0 Å². The van der Waals surface area contributed by atoms with Crippen LogP contribution in [-0.4, -0.2) is 11.4 Å². The van der Waals surface area contributed by atoms with Gasteiger partial charge in [-0.2, -0.15) is 0 Å². The first kappa shape index (κ1) is 15.9. The van der Waals surface area contributed by atoms with Crippen molar-refractivity contribution in [3.63, 3.8) is 0 Å². The zero-order chi connectivity index (χ0) is 14.6. The van der Waals surface area contributed by atoms with Gasteiger partial charge in [-0.15, -0.1) is 11.6 Å². The van der Waals surface area contributed by atoms with Crippen molar-refractivity contribution in [2.24, 2.45) is 0 Å². The molecule has 0 bridgehead atoms. The molecule has 112 valence electrons. The lowest BCUT2D eigenvalue weighted by atomic mass is 9.83. The van der Waals surface area contributed by atoms with E-state index >= 15 is 0 Å². The second-order valence-corrected chi connectivity index (χ2v) is 7.54. The van der Waals surface area contributed by atoms with Gasteiger partial charge in [-0.1, -0.05) is 64.3 Å². The normalized spacial score (nSPS) is 19.0. The fraction of sp³-hybridized carbons (Fsp3) is 0.667. The number of hydrogen-bond acceptors (Lipinski definition) is 1. The molecule has 0 spiro atoms. The van der Waals surface area contributed by atoms with E-state index in [1.54, 1.807) is 0 Å². The van der Waals surface area contributed by atoms with Gasteiger partial charge in [0, 0.05) is 18.0 Å². The molecule has 2 heteroatoms. The standard InChI is InChI=1S/C18H28ClN/c1-17(2,3)16-9-7-15(8-10-16)13-20-18(14-19)11-5-4-6-12-18/h7-10,20H,4-6,11-14H2,1-3H3. The largest absolute Gasteiger partial charge is 0.306 e. The van der Waals surface area contributed by atoms with Crippen molar-refractivity contribution in [3.05, 3.63) is 35.4 Å². The second-order valence-electron chi connectivity index (χ2n) is 7.28. The Bertz CT molecular complexity index is 410. The van der Waals surface area contributed by atoms with Crippen molar-refractivity contribution in [1.82, 2.24) is 5.32 Å². The summed E-state index contributed by atoms with van der Waals surface area (Å²) in [6.45, 7) is 7.69. The highest BCUT2D eigenvalue weighted by atomic mass is 35.5. The van der Waals surface area contributed by atoms with E-state index in [2.05, 4.69) is 50.4 Å². The van der Waals surface area contributed by atoms with Crippen molar-refractivity contribution in [3.8, 4) is 0 Å². The van der Waals surface area contributed by atoms with Gasteiger partial charge in [0.05, 0.1) is 0 Å². The van der Waals surface area contributed by atoms with Crippen LogP contribution in [0.1, 0.15) is 64.0 Å². The number of alkyl halides is 1. The Morgan fingerprint density at radius 1 is 1.05 bits per heavy atom. The summed E-state index contributed by atoms with van der Waals surface area (Å²) in [5.41, 5.74) is 3.15. The van der Waals surface area contributed by atoms with Crippen LogP contribution in [-0.2, 0) is 12.0 Å². The van der Waals surface area contributed by atoms with Gasteiger partial charge in [0.25, 0.3) is 0 Å². The first-order chi connectivity index (χ1) is 9.45. The molecule has 0 atom stereocenters. The molecule has 20 heavy (non-hydrogen) atoms. The highest BCUT2D eigenvalue weighted by Crippen LogP contribution is 2.30. The van der Waals surface area contributed by atoms with Crippen LogP contribution in [0, 0.1) is 0 Å². The maximum Gasteiger partial charge on any atom is 0.0406 e. The van der Waals surface area contributed by atoms with Crippen molar-refractivity contribution >= 4 is 11.6 Å². The van der Waals surface area contributed by atoms with Crippen LogP contribution in [0.5, 0.6) is 0 Å². The number of hydrogen-bond donors (Lipinski definition) is 1. The minimum Gasteiger partial charge on any atom is -0.306 e. The van der Waals surface area contributed by atoms with Gasteiger partial charge in [-0.3, -0.25) is 0 Å². The Hall–Kier alpha value is -0.530. The third-order valence-electron chi connectivity index (χ3n) is 4.55. The Morgan fingerprint density at radius 2 is 1.65 bits per heavy atom. The fourth-order valence-corrected chi connectivity index (χ4v) is 3.36. The predicted molar refractivity (Wildman–Crippen MR) is 88.5 cm³/mol. The SMILES string of the molecule is CC(C)(C)c1ccc(CNC2(CCl)CCCCC2)cc1. The molecule has 0 saturated heterocycles. The Kier molecular flexibility index (Phi) is 5.14. The number of benzene rings is 1. The van der Waals surface area contributed by atoms with Crippen LogP contribution >= 0.6 is 11.6 Å². The first-order valence-corrected chi connectivity index (χ1v) is 8.39. The molecule has 0 unspecified atom stereocenters. The van der Waals surface area contributed by atoms with Gasteiger partial charge in [-0.25, -0.2) is 0 Å². The van der Waals surface area contributed by atoms with E-state index in [0.29, 0.717) is 0 Å². The first-order valence-electron chi connectivity index (χ1n) is 7.86. The van der Waals surface area contributed by atoms with Gasteiger partial charge in [0.15, 0.2) is 0 Å². The molecule has 0 aromatic heterocycles. The van der Waals surface area contributed by atoms with E-state index in [0.717, 1.165) is 12.4 Å². The molecule has 0 radical (unpaired) electrons. The van der Waals surface area contributed by atoms with Crippen LogP contribution in [0.2, 0.25) is 0 Å². The van der Waals surface area contributed by atoms with Crippen molar-refractivity contribution in [2.75, 3.05) is 5.88 Å². The lowest BCUT2D eigenvalue weighted by molar-refractivity contribution is 0.256. The highest BCUT2D eigenvalue weighted by molar-refractivity contribution is 6.18. The van der Waals surface area contributed by atoms with Crippen molar-refractivity contribution in [1.29, 1.82) is 0 Å². The Balaban J connectivity index is 1.96. The minimum absolute atomic E-state index is 0.169. The average Bonchev–Trinajstić information content (AvgIpc) is 2.46. The topological polar surface area (TPSA) is 12.0 Å². The summed E-state index contributed by atoms with van der Waals surface area (Å²) < 4.78 is 0. The molecule has 0 heterocycles. The van der Waals surface area contributed by atoms with E-state index in [1.807, 2.05) is 0 Å². The summed E-state index contributed by atoms with van der Waals surface area (Å²) in [6.07, 6.45) is 6.42. The maximum atomic E-state index is 6.23. The Morgan fingerprint density at radius 3 is 2.15 bits per heavy atom. The van der Waals surface area contributed by atoms with E-state index in [1.165, 1.54) is 43.2 Å². The summed E-state index contributed by atoms with van der Waals surface area (Å²) in [5.74, 6) is 0.729. The highest BCUT2D eigenvalue weighted by Gasteiger charge is 2.30. The maximum absolute atomic E-state index is 6.23. The van der Waals surface area contributed by atoms with Crippen molar-refractivity contribution in [2.45, 2.75) is 70.4 Å². The van der Waals surface area contributed by atoms with Gasteiger partial charge in [0.1, 0.15) is 0 Å². The molecule has 0 aliphatic heterocycles. The molecule has 1 N–H and O–H groups in total. The fourth-order valence-electron chi connectivity index (χ4n) is 3.00. The molecule has 1 aliphatic rings. The van der Waals surface area contributed by atoms with E-state index in [-0.39, 0.29) is 11.0 Å². The zero-order valence-electron chi connectivity index (χ0n) is 13.1. The molecule has 1 saturated carbocycles. The van der Waals surface area contributed by atoms with Crippen LogP contribution < -0.4 is 5.32 Å². The summed E-state index contributed by atoms with van der Waals surface area (Å²) >= 11 is 6.23. The number of halogens is 1. The summed E-state index contributed by atoms with van der Waals surface area (Å²) in [4.78, 5) is 0. The predicted octanol–water partition coefficient (Wildman–Crippen LogP) is 5.02. The third-order valence-corrected chi connectivity index (χ3v) is 5.07. The molecule has 1 aliphatic carbocycles. The molecule has 2 rings (SSSR count). The summed E-state index contributed by atoms with van der Waals surface area (Å²) in [7, 11) is 0. The molecular weight excluding hydrogens is 266 g/mol. The quantitative estimate of drug-likeness (QED) is 0.769. The molecular formula is C18H28ClN. The second kappa shape index (κ2) is 6.49. The van der Waals surface area contributed by atoms with Gasteiger partial charge < -0.3 is 5.32 Å². The lowest BCUT2D eigenvalue weighted by Gasteiger charge is -2.36. The lowest BCUT2D eigenvalue weighted by Crippen LogP contribution is -2.48. The number of nitrogens with one attached hydrogen (secondary N) is 1. The van der Waals surface area contributed by atoms with E-state index < -0.39 is 0 Å². The van der Waals surface area contributed by atoms with E-state index in [4.69, 9.17) is 11.6 Å². The molecule has 0 amide bonds. The summed E-state index contributed by atoms with van der Waals surface area (Å²) in [5, 5.41) is 3.73. The summed E-state index contributed by atoms with van der Waals surface area (Å²) in [6, 6.07) is 9.01. The Labute approximate surface area is 129 Å². The molecule has 1 aromatic rings. The van der Waals surface area contributed by atoms with E-state index in [9.17, 15) is 0 Å². The number of rotatable bonds is 4. The van der Waals surface area contributed by atoms with Crippen LogP contribution in [0.3, 0.4) is 0 Å².